The predicted octanol–water partition coefficient (Wildman–Crippen LogP) is 2.66. The molecule has 0 aliphatic heterocycles. The van der Waals surface area contributed by atoms with E-state index in [-0.39, 0.29) is 6.61 Å². The molecule has 1 aromatic carbocycles. The van der Waals surface area contributed by atoms with Crippen LogP contribution < -0.4 is 10.5 Å². The van der Waals surface area contributed by atoms with Crippen LogP contribution in [0, 0.1) is 6.92 Å². The molecule has 2 aromatic heterocycles. The monoisotopic (exact) mass is 288 g/mol. The molecule has 0 amide bonds. The highest BCUT2D eigenvalue weighted by atomic mass is 32.1. The second-order valence-electron chi connectivity index (χ2n) is 4.12. The van der Waals surface area contributed by atoms with Crippen molar-refractivity contribution in [1.82, 2.24) is 14.5 Å². The molecule has 2 heterocycles. The van der Waals surface area contributed by atoms with Crippen molar-refractivity contribution >= 4 is 16.5 Å². The average molecular weight is 288 g/mol. The maximum absolute atomic E-state index is 5.84. The number of hydrogen-bond donors (Lipinski definition) is 1. The van der Waals surface area contributed by atoms with E-state index in [4.69, 9.17) is 15.0 Å². The Morgan fingerprint density at radius 1 is 1.30 bits per heavy atom. The van der Waals surface area contributed by atoms with Crippen molar-refractivity contribution in [2.24, 2.45) is 0 Å². The van der Waals surface area contributed by atoms with Crippen molar-refractivity contribution in [1.29, 1.82) is 0 Å². The lowest BCUT2D eigenvalue weighted by Gasteiger charge is -2.01. The first-order valence-electron chi connectivity index (χ1n) is 5.96. The van der Waals surface area contributed by atoms with Gasteiger partial charge in [0.1, 0.15) is 10.8 Å². The van der Waals surface area contributed by atoms with Crippen LogP contribution in [-0.2, 0) is 6.61 Å². The van der Waals surface area contributed by atoms with Crippen LogP contribution in [0.3, 0.4) is 0 Å². The second-order valence-corrected chi connectivity index (χ2v) is 4.93. The zero-order chi connectivity index (χ0) is 13.9. The van der Waals surface area contributed by atoms with Crippen LogP contribution in [0.2, 0.25) is 0 Å². The molecule has 3 rings (SSSR count). The number of aromatic nitrogens is 3. The first kappa shape index (κ1) is 12.6. The number of nitrogens with two attached hydrogens (primary N) is 1. The van der Waals surface area contributed by atoms with Gasteiger partial charge in [0.2, 0.25) is 5.82 Å². The fraction of sp³-hybridized carbons (Fsp3) is 0.154. The number of nitrogen functional groups attached to an aromatic ring is 1. The van der Waals surface area contributed by atoms with E-state index in [1.165, 1.54) is 11.5 Å². The summed E-state index contributed by atoms with van der Waals surface area (Å²) in [7, 11) is 0. The van der Waals surface area contributed by atoms with Gasteiger partial charge in [0.05, 0.1) is 11.3 Å². The summed E-state index contributed by atoms with van der Waals surface area (Å²) in [5.74, 6) is 1.60. The summed E-state index contributed by atoms with van der Waals surface area (Å²) in [6.07, 6.45) is 0. The third-order valence-corrected chi connectivity index (χ3v) is 3.45. The van der Waals surface area contributed by atoms with Crippen LogP contribution in [0.5, 0.6) is 5.75 Å². The number of para-hydroxylation sites is 1. The standard InChI is InChI=1S/C13H12N4O2S/c1-8-11(12(14)20-17-8)13-15-10(16-19-13)7-18-9-5-3-2-4-6-9/h2-6H,7,14H2,1H3. The van der Waals surface area contributed by atoms with E-state index in [1.807, 2.05) is 37.3 Å². The topological polar surface area (TPSA) is 87.1 Å². The Hall–Kier alpha value is -2.41. The lowest BCUT2D eigenvalue weighted by molar-refractivity contribution is 0.287. The summed E-state index contributed by atoms with van der Waals surface area (Å²) in [6.45, 7) is 2.09. The number of ether oxygens (including phenoxy) is 1. The molecule has 3 aromatic rings. The van der Waals surface area contributed by atoms with Crippen molar-refractivity contribution in [3.05, 3.63) is 41.9 Å². The molecule has 20 heavy (non-hydrogen) atoms. The predicted molar refractivity (Wildman–Crippen MR) is 75.3 cm³/mol. The van der Waals surface area contributed by atoms with Gasteiger partial charge in [-0.25, -0.2) is 0 Å². The first-order chi connectivity index (χ1) is 9.74. The molecule has 0 atom stereocenters. The van der Waals surface area contributed by atoms with E-state index in [0.29, 0.717) is 22.3 Å². The third-order valence-electron chi connectivity index (χ3n) is 2.68. The minimum absolute atomic E-state index is 0.240. The van der Waals surface area contributed by atoms with Gasteiger partial charge in [-0.3, -0.25) is 0 Å². The smallest absolute Gasteiger partial charge is 0.262 e. The van der Waals surface area contributed by atoms with E-state index in [0.717, 1.165) is 11.4 Å². The average Bonchev–Trinajstić information content (AvgIpc) is 3.05. The normalized spacial score (nSPS) is 10.7. The van der Waals surface area contributed by atoms with Gasteiger partial charge in [-0.2, -0.15) is 9.36 Å². The molecular weight excluding hydrogens is 276 g/mol. The zero-order valence-corrected chi connectivity index (χ0v) is 11.6. The second kappa shape index (κ2) is 5.30. The van der Waals surface area contributed by atoms with Crippen molar-refractivity contribution in [3.63, 3.8) is 0 Å². The van der Waals surface area contributed by atoms with E-state index >= 15 is 0 Å². The summed E-state index contributed by atoms with van der Waals surface area (Å²) in [6, 6.07) is 9.46. The maximum atomic E-state index is 5.84. The maximum Gasteiger partial charge on any atom is 0.262 e. The van der Waals surface area contributed by atoms with Crippen LogP contribution in [0.15, 0.2) is 34.9 Å². The summed E-state index contributed by atoms with van der Waals surface area (Å²) in [4.78, 5) is 4.27. The molecule has 0 aliphatic carbocycles. The Bertz CT molecular complexity index is 689. The molecule has 0 saturated carbocycles. The lowest BCUT2D eigenvalue weighted by atomic mass is 10.2. The molecule has 0 unspecified atom stereocenters. The number of anilines is 1. The van der Waals surface area contributed by atoms with E-state index in [2.05, 4.69) is 14.5 Å². The van der Waals surface area contributed by atoms with Crippen LogP contribution in [0.4, 0.5) is 5.00 Å². The molecule has 102 valence electrons. The van der Waals surface area contributed by atoms with Gasteiger partial charge in [0, 0.05) is 0 Å². The summed E-state index contributed by atoms with van der Waals surface area (Å²) >= 11 is 1.21. The quantitative estimate of drug-likeness (QED) is 0.794. The number of nitrogens with zero attached hydrogens (tertiary/aromatic N) is 3. The molecule has 6 nitrogen and oxygen atoms in total. The Labute approximate surface area is 119 Å². The van der Waals surface area contributed by atoms with E-state index in [1.54, 1.807) is 0 Å². The number of aryl methyl sites for hydroxylation is 1. The highest BCUT2D eigenvalue weighted by molar-refractivity contribution is 7.10. The van der Waals surface area contributed by atoms with Gasteiger partial charge in [0.25, 0.3) is 5.89 Å². The van der Waals surface area contributed by atoms with E-state index in [9.17, 15) is 0 Å². The molecule has 0 fully saturated rings. The largest absolute Gasteiger partial charge is 0.485 e. The van der Waals surface area contributed by atoms with Crippen molar-refractivity contribution in [2.75, 3.05) is 5.73 Å². The van der Waals surface area contributed by atoms with Crippen molar-refractivity contribution in [2.45, 2.75) is 13.5 Å². The fourth-order valence-corrected chi connectivity index (χ4v) is 2.38. The van der Waals surface area contributed by atoms with Gasteiger partial charge in [-0.05, 0) is 30.6 Å². The molecule has 0 spiro atoms. The Morgan fingerprint density at radius 2 is 2.10 bits per heavy atom. The highest BCUT2D eigenvalue weighted by Gasteiger charge is 2.17. The Balaban J connectivity index is 1.74. The minimum atomic E-state index is 0.240. The van der Waals surface area contributed by atoms with Crippen molar-refractivity contribution < 1.29 is 9.26 Å². The third kappa shape index (κ3) is 2.48. The summed E-state index contributed by atoms with van der Waals surface area (Å²) < 4.78 is 14.9. The van der Waals surface area contributed by atoms with Crippen molar-refractivity contribution in [3.8, 4) is 17.2 Å². The highest BCUT2D eigenvalue weighted by Crippen LogP contribution is 2.30. The van der Waals surface area contributed by atoms with Crippen LogP contribution in [0.25, 0.3) is 11.5 Å². The molecule has 0 saturated heterocycles. The molecule has 0 bridgehead atoms. The fourth-order valence-electron chi connectivity index (χ4n) is 1.73. The van der Waals surface area contributed by atoms with Gasteiger partial charge in [-0.15, -0.1) is 0 Å². The molecule has 7 heteroatoms. The van der Waals surface area contributed by atoms with Crippen LogP contribution >= 0.6 is 11.5 Å². The van der Waals surface area contributed by atoms with Crippen LogP contribution in [-0.4, -0.2) is 14.5 Å². The first-order valence-corrected chi connectivity index (χ1v) is 6.74. The SMILES string of the molecule is Cc1nsc(N)c1-c1nc(COc2ccccc2)no1. The number of benzene rings is 1. The van der Waals surface area contributed by atoms with Crippen LogP contribution in [0.1, 0.15) is 11.5 Å². The minimum Gasteiger partial charge on any atom is -0.485 e. The Morgan fingerprint density at radius 3 is 2.80 bits per heavy atom. The van der Waals surface area contributed by atoms with Gasteiger partial charge >= 0.3 is 0 Å². The molecule has 0 aliphatic rings. The number of rotatable bonds is 4. The number of hydrogen-bond acceptors (Lipinski definition) is 7. The van der Waals surface area contributed by atoms with Gasteiger partial charge in [0.15, 0.2) is 6.61 Å². The molecule has 0 radical (unpaired) electrons. The van der Waals surface area contributed by atoms with Gasteiger partial charge < -0.3 is 15.0 Å². The lowest BCUT2D eigenvalue weighted by Crippen LogP contribution is -1.97. The molecular formula is C13H12N4O2S. The molecule has 2 N–H and O–H groups in total. The zero-order valence-electron chi connectivity index (χ0n) is 10.7. The summed E-state index contributed by atoms with van der Waals surface area (Å²) in [5.41, 5.74) is 7.33. The van der Waals surface area contributed by atoms with Gasteiger partial charge in [-0.1, -0.05) is 23.4 Å². The summed E-state index contributed by atoms with van der Waals surface area (Å²) in [5, 5.41) is 4.45. The van der Waals surface area contributed by atoms with E-state index < -0.39 is 0 Å². The Kier molecular flexibility index (Phi) is 3.34.